The van der Waals surface area contributed by atoms with E-state index >= 15 is 0 Å². The zero-order chi connectivity index (χ0) is 13.2. The maximum atomic E-state index is 6.01. The smallest absolute Gasteiger partial charge is 0.0619 e. The van der Waals surface area contributed by atoms with Gasteiger partial charge in [0.05, 0.1) is 6.10 Å². The van der Waals surface area contributed by atoms with Crippen LogP contribution in [0.25, 0.3) is 0 Å². The molecular formula is C16H25NO. The van der Waals surface area contributed by atoms with Crippen LogP contribution in [0.5, 0.6) is 0 Å². The summed E-state index contributed by atoms with van der Waals surface area (Å²) in [6.07, 6.45) is 2.38. The van der Waals surface area contributed by atoms with Gasteiger partial charge in [0.1, 0.15) is 0 Å². The second-order valence-corrected chi connectivity index (χ2v) is 5.90. The van der Waals surface area contributed by atoms with Crippen molar-refractivity contribution in [3.8, 4) is 0 Å². The van der Waals surface area contributed by atoms with Crippen LogP contribution in [0.15, 0.2) is 24.3 Å². The molecule has 0 bridgehead atoms. The molecule has 0 aromatic heterocycles. The quantitative estimate of drug-likeness (QED) is 0.887. The first-order valence-electron chi connectivity index (χ1n) is 6.98. The third kappa shape index (κ3) is 2.60. The number of ether oxygens (including phenoxy) is 1. The van der Waals surface area contributed by atoms with Crippen molar-refractivity contribution in [2.45, 2.75) is 45.6 Å². The average molecular weight is 247 g/mol. The molecule has 18 heavy (non-hydrogen) atoms. The van der Waals surface area contributed by atoms with Crippen molar-refractivity contribution < 1.29 is 4.74 Å². The van der Waals surface area contributed by atoms with Crippen molar-refractivity contribution in [3.63, 3.8) is 0 Å². The van der Waals surface area contributed by atoms with E-state index in [1.165, 1.54) is 11.1 Å². The lowest BCUT2D eigenvalue weighted by molar-refractivity contribution is 0.0673. The number of hydrogen-bond acceptors (Lipinski definition) is 2. The Labute approximate surface area is 111 Å². The highest BCUT2D eigenvalue weighted by Gasteiger charge is 2.40. The maximum Gasteiger partial charge on any atom is 0.0619 e. The van der Waals surface area contributed by atoms with E-state index < -0.39 is 0 Å². The second-order valence-electron chi connectivity index (χ2n) is 5.90. The summed E-state index contributed by atoms with van der Waals surface area (Å²) in [6.45, 7) is 8.16. The molecule has 0 amide bonds. The molecule has 1 heterocycles. The Morgan fingerprint density at radius 3 is 2.44 bits per heavy atom. The molecule has 100 valence electrons. The van der Waals surface area contributed by atoms with Crippen LogP contribution < -0.4 is 5.73 Å². The standard InChI is InChI=1S/C16H25NO/c1-12(2)15-6-4-14(5-7-15)10-16(11-17)8-9-18-13(16)3/h4-7,12-13H,8-11,17H2,1-3H3. The molecule has 1 saturated heterocycles. The van der Waals surface area contributed by atoms with Crippen molar-refractivity contribution in [2.24, 2.45) is 11.1 Å². The van der Waals surface area contributed by atoms with E-state index in [0.717, 1.165) is 19.4 Å². The molecule has 1 aliphatic heterocycles. The van der Waals surface area contributed by atoms with Crippen LogP contribution in [-0.4, -0.2) is 19.3 Å². The first kappa shape index (κ1) is 13.6. The van der Waals surface area contributed by atoms with Gasteiger partial charge in [-0.25, -0.2) is 0 Å². The Hall–Kier alpha value is -0.860. The van der Waals surface area contributed by atoms with Crippen molar-refractivity contribution in [1.29, 1.82) is 0 Å². The summed E-state index contributed by atoms with van der Waals surface area (Å²) in [7, 11) is 0. The Bertz CT molecular complexity index is 385. The van der Waals surface area contributed by atoms with Crippen molar-refractivity contribution >= 4 is 0 Å². The summed E-state index contributed by atoms with van der Waals surface area (Å²) in [4.78, 5) is 0. The Morgan fingerprint density at radius 1 is 1.33 bits per heavy atom. The monoisotopic (exact) mass is 247 g/mol. The SMILES string of the molecule is CC(C)c1ccc(CC2(CN)CCOC2C)cc1. The highest BCUT2D eigenvalue weighted by molar-refractivity contribution is 5.26. The van der Waals surface area contributed by atoms with Gasteiger partial charge in [-0.1, -0.05) is 38.1 Å². The third-order valence-corrected chi connectivity index (χ3v) is 4.44. The molecule has 2 nitrogen and oxygen atoms in total. The molecule has 1 aromatic carbocycles. The molecule has 2 heteroatoms. The van der Waals surface area contributed by atoms with E-state index in [4.69, 9.17) is 10.5 Å². The van der Waals surface area contributed by atoms with Gasteiger partial charge < -0.3 is 10.5 Å². The van der Waals surface area contributed by atoms with Gasteiger partial charge in [-0.2, -0.15) is 0 Å². The Morgan fingerprint density at radius 2 is 2.00 bits per heavy atom. The van der Waals surface area contributed by atoms with Crippen molar-refractivity contribution in [2.75, 3.05) is 13.2 Å². The number of benzene rings is 1. The molecule has 1 aromatic rings. The van der Waals surface area contributed by atoms with Crippen LogP contribution in [0, 0.1) is 5.41 Å². The van der Waals surface area contributed by atoms with Crippen LogP contribution in [0.1, 0.15) is 44.2 Å². The first-order valence-corrected chi connectivity index (χ1v) is 6.98. The van der Waals surface area contributed by atoms with E-state index in [-0.39, 0.29) is 11.5 Å². The molecular weight excluding hydrogens is 222 g/mol. The summed E-state index contributed by atoms with van der Waals surface area (Å²) >= 11 is 0. The molecule has 2 atom stereocenters. The molecule has 2 N–H and O–H groups in total. The predicted octanol–water partition coefficient (Wildman–Crippen LogP) is 3.11. The predicted molar refractivity (Wildman–Crippen MR) is 75.8 cm³/mol. The largest absolute Gasteiger partial charge is 0.378 e. The Kier molecular flexibility index (Phi) is 4.08. The summed E-state index contributed by atoms with van der Waals surface area (Å²) in [5.41, 5.74) is 8.92. The Balaban J connectivity index is 2.13. The van der Waals surface area contributed by atoms with Crippen LogP contribution in [-0.2, 0) is 11.2 Å². The number of rotatable bonds is 4. The lowest BCUT2D eigenvalue weighted by Crippen LogP contribution is -2.38. The van der Waals surface area contributed by atoms with Crippen LogP contribution in [0.2, 0.25) is 0 Å². The highest BCUT2D eigenvalue weighted by Crippen LogP contribution is 2.37. The normalized spacial score (nSPS) is 27.9. The first-order chi connectivity index (χ1) is 8.57. The summed E-state index contributed by atoms with van der Waals surface area (Å²) < 4.78 is 5.71. The lowest BCUT2D eigenvalue weighted by atomic mass is 9.76. The van der Waals surface area contributed by atoms with Gasteiger partial charge in [0.25, 0.3) is 0 Å². The summed E-state index contributed by atoms with van der Waals surface area (Å²) in [5, 5.41) is 0. The topological polar surface area (TPSA) is 35.2 Å². The summed E-state index contributed by atoms with van der Waals surface area (Å²) in [6, 6.07) is 8.98. The maximum absolute atomic E-state index is 6.01. The van der Waals surface area contributed by atoms with E-state index in [1.54, 1.807) is 0 Å². The number of nitrogens with two attached hydrogens (primary N) is 1. The van der Waals surface area contributed by atoms with E-state index in [1.807, 2.05) is 0 Å². The van der Waals surface area contributed by atoms with Gasteiger partial charge in [0.15, 0.2) is 0 Å². The van der Waals surface area contributed by atoms with Crippen LogP contribution in [0.4, 0.5) is 0 Å². The molecule has 2 rings (SSSR count). The van der Waals surface area contributed by atoms with Crippen molar-refractivity contribution in [1.82, 2.24) is 0 Å². The van der Waals surface area contributed by atoms with E-state index in [9.17, 15) is 0 Å². The average Bonchev–Trinajstić information content (AvgIpc) is 2.72. The second kappa shape index (κ2) is 5.41. The van der Waals surface area contributed by atoms with E-state index in [0.29, 0.717) is 12.5 Å². The van der Waals surface area contributed by atoms with Crippen LogP contribution in [0.3, 0.4) is 0 Å². The van der Waals surface area contributed by atoms with Crippen molar-refractivity contribution in [3.05, 3.63) is 35.4 Å². The highest BCUT2D eigenvalue weighted by atomic mass is 16.5. The molecule has 0 radical (unpaired) electrons. The molecule has 1 aliphatic rings. The van der Waals surface area contributed by atoms with Gasteiger partial charge >= 0.3 is 0 Å². The van der Waals surface area contributed by atoms with Gasteiger partial charge in [-0.05, 0) is 36.8 Å². The zero-order valence-electron chi connectivity index (χ0n) is 11.8. The van der Waals surface area contributed by atoms with Gasteiger partial charge in [-0.15, -0.1) is 0 Å². The molecule has 0 spiro atoms. The fourth-order valence-electron chi connectivity index (χ4n) is 2.82. The van der Waals surface area contributed by atoms with E-state index in [2.05, 4.69) is 45.0 Å². The number of hydrogen-bond donors (Lipinski definition) is 1. The molecule has 0 aliphatic carbocycles. The van der Waals surface area contributed by atoms with Gasteiger partial charge in [-0.3, -0.25) is 0 Å². The minimum absolute atomic E-state index is 0.138. The van der Waals surface area contributed by atoms with Crippen LogP contribution >= 0.6 is 0 Å². The summed E-state index contributed by atoms with van der Waals surface area (Å²) in [5.74, 6) is 0.594. The molecule has 1 fully saturated rings. The zero-order valence-corrected chi connectivity index (χ0v) is 11.8. The fraction of sp³-hybridized carbons (Fsp3) is 0.625. The fourth-order valence-corrected chi connectivity index (χ4v) is 2.82. The van der Waals surface area contributed by atoms with Gasteiger partial charge in [0.2, 0.25) is 0 Å². The third-order valence-electron chi connectivity index (χ3n) is 4.44. The molecule has 2 unspecified atom stereocenters. The minimum atomic E-state index is 0.138. The molecule has 0 saturated carbocycles. The minimum Gasteiger partial charge on any atom is -0.378 e. The van der Waals surface area contributed by atoms with Gasteiger partial charge in [0, 0.05) is 18.6 Å². The lowest BCUT2D eigenvalue weighted by Gasteiger charge is -2.31.